The zero-order valence-corrected chi connectivity index (χ0v) is 8.21. The average Bonchev–Trinajstić information content (AvgIpc) is 2.76. The van der Waals surface area contributed by atoms with Crippen LogP contribution in [0.3, 0.4) is 0 Å². The summed E-state index contributed by atoms with van der Waals surface area (Å²) in [5.74, 6) is 0.897. The Bertz CT molecular complexity index is 201. The van der Waals surface area contributed by atoms with E-state index in [9.17, 15) is 0 Å². The maximum atomic E-state index is 8.92. The van der Waals surface area contributed by atoms with Crippen LogP contribution in [-0.2, 0) is 0 Å². The van der Waals surface area contributed by atoms with Gasteiger partial charge in [0, 0.05) is 6.54 Å². The van der Waals surface area contributed by atoms with Gasteiger partial charge in [-0.1, -0.05) is 12.8 Å². The minimum Gasteiger partial charge on any atom is -0.288 e. The van der Waals surface area contributed by atoms with Gasteiger partial charge in [-0.3, -0.25) is 4.90 Å². The van der Waals surface area contributed by atoms with Crippen LogP contribution in [-0.4, -0.2) is 24.0 Å². The fraction of sp³-hybridized carbons (Fsp3) is 0.909. The molecule has 2 rings (SSSR count). The SMILES string of the molecule is N#CC1CCCN1CC1CCCC1. The van der Waals surface area contributed by atoms with Gasteiger partial charge in [0.15, 0.2) is 0 Å². The first-order chi connectivity index (χ1) is 6.40. The highest BCUT2D eigenvalue weighted by molar-refractivity contribution is 4.96. The van der Waals surface area contributed by atoms with Crippen LogP contribution in [0, 0.1) is 17.2 Å². The van der Waals surface area contributed by atoms with E-state index < -0.39 is 0 Å². The topological polar surface area (TPSA) is 27.0 Å². The van der Waals surface area contributed by atoms with Crippen molar-refractivity contribution in [3.05, 3.63) is 0 Å². The Morgan fingerprint density at radius 3 is 2.62 bits per heavy atom. The standard InChI is InChI=1S/C11H18N2/c12-8-11-6-3-7-13(11)9-10-4-1-2-5-10/h10-11H,1-7,9H2. The summed E-state index contributed by atoms with van der Waals surface area (Å²) in [4.78, 5) is 2.40. The van der Waals surface area contributed by atoms with Gasteiger partial charge in [-0.25, -0.2) is 0 Å². The number of hydrogen-bond donors (Lipinski definition) is 0. The molecule has 0 N–H and O–H groups in total. The molecule has 2 nitrogen and oxygen atoms in total. The van der Waals surface area contributed by atoms with Gasteiger partial charge in [0.1, 0.15) is 0 Å². The summed E-state index contributed by atoms with van der Waals surface area (Å²) in [6, 6.07) is 2.65. The molecule has 1 heterocycles. The lowest BCUT2D eigenvalue weighted by atomic mass is 10.1. The molecule has 1 saturated heterocycles. The van der Waals surface area contributed by atoms with E-state index in [4.69, 9.17) is 5.26 Å². The van der Waals surface area contributed by atoms with Crippen molar-refractivity contribution in [3.63, 3.8) is 0 Å². The van der Waals surface area contributed by atoms with Crippen molar-refractivity contribution in [2.24, 2.45) is 5.92 Å². The van der Waals surface area contributed by atoms with E-state index in [1.54, 1.807) is 0 Å². The first-order valence-corrected chi connectivity index (χ1v) is 5.54. The summed E-state index contributed by atoms with van der Waals surface area (Å²) in [6.07, 6.45) is 7.95. The van der Waals surface area contributed by atoms with Crippen molar-refractivity contribution in [2.45, 2.75) is 44.6 Å². The highest BCUT2D eigenvalue weighted by Crippen LogP contribution is 2.28. The highest BCUT2D eigenvalue weighted by atomic mass is 15.2. The van der Waals surface area contributed by atoms with Crippen LogP contribution in [0.4, 0.5) is 0 Å². The summed E-state index contributed by atoms with van der Waals surface area (Å²) >= 11 is 0. The van der Waals surface area contributed by atoms with Crippen molar-refractivity contribution >= 4 is 0 Å². The van der Waals surface area contributed by atoms with Gasteiger partial charge in [-0.05, 0) is 38.1 Å². The molecular weight excluding hydrogens is 160 g/mol. The number of nitrogens with zero attached hydrogens (tertiary/aromatic N) is 2. The zero-order valence-electron chi connectivity index (χ0n) is 8.21. The number of hydrogen-bond acceptors (Lipinski definition) is 2. The van der Waals surface area contributed by atoms with E-state index in [0.717, 1.165) is 18.9 Å². The van der Waals surface area contributed by atoms with Crippen LogP contribution < -0.4 is 0 Å². The van der Waals surface area contributed by atoms with Gasteiger partial charge in [0.25, 0.3) is 0 Å². The molecule has 72 valence electrons. The van der Waals surface area contributed by atoms with Gasteiger partial charge in [0.2, 0.25) is 0 Å². The van der Waals surface area contributed by atoms with Crippen LogP contribution in [0.2, 0.25) is 0 Å². The Morgan fingerprint density at radius 1 is 1.15 bits per heavy atom. The average molecular weight is 178 g/mol. The molecule has 2 heteroatoms. The number of likely N-dealkylation sites (tertiary alicyclic amines) is 1. The smallest absolute Gasteiger partial charge is 0.0978 e. The largest absolute Gasteiger partial charge is 0.288 e. The lowest BCUT2D eigenvalue weighted by molar-refractivity contribution is 0.246. The molecule has 1 saturated carbocycles. The second kappa shape index (κ2) is 4.11. The molecule has 0 aromatic heterocycles. The fourth-order valence-corrected chi connectivity index (χ4v) is 2.72. The maximum Gasteiger partial charge on any atom is 0.0978 e. The molecule has 0 spiro atoms. The third-order valence-corrected chi connectivity index (χ3v) is 3.48. The van der Waals surface area contributed by atoms with Gasteiger partial charge < -0.3 is 0 Å². The van der Waals surface area contributed by atoms with Crippen LogP contribution in [0.25, 0.3) is 0 Å². The molecule has 2 fully saturated rings. The van der Waals surface area contributed by atoms with Gasteiger partial charge in [0.05, 0.1) is 12.1 Å². The van der Waals surface area contributed by atoms with Crippen LogP contribution in [0.15, 0.2) is 0 Å². The monoisotopic (exact) mass is 178 g/mol. The normalized spacial score (nSPS) is 30.8. The third kappa shape index (κ3) is 2.03. The summed E-state index contributed by atoms with van der Waals surface area (Å²) < 4.78 is 0. The lowest BCUT2D eigenvalue weighted by Gasteiger charge is -2.22. The second-order valence-corrected chi connectivity index (χ2v) is 4.43. The maximum absolute atomic E-state index is 8.92. The first-order valence-electron chi connectivity index (χ1n) is 5.54. The van der Waals surface area contributed by atoms with E-state index in [-0.39, 0.29) is 6.04 Å². The zero-order chi connectivity index (χ0) is 9.10. The Labute approximate surface area is 80.5 Å². The Morgan fingerprint density at radius 2 is 1.92 bits per heavy atom. The van der Waals surface area contributed by atoms with Gasteiger partial charge >= 0.3 is 0 Å². The molecule has 1 atom stereocenters. The van der Waals surface area contributed by atoms with E-state index in [1.807, 2.05) is 0 Å². The molecule has 13 heavy (non-hydrogen) atoms. The van der Waals surface area contributed by atoms with Crippen LogP contribution in [0.1, 0.15) is 38.5 Å². The Balaban J connectivity index is 1.83. The first kappa shape index (κ1) is 9.02. The number of nitriles is 1. The van der Waals surface area contributed by atoms with Crippen molar-refractivity contribution in [1.29, 1.82) is 5.26 Å². The van der Waals surface area contributed by atoms with E-state index >= 15 is 0 Å². The molecular formula is C11H18N2. The number of rotatable bonds is 2. The second-order valence-electron chi connectivity index (χ2n) is 4.43. The van der Waals surface area contributed by atoms with Crippen molar-refractivity contribution in [2.75, 3.05) is 13.1 Å². The quantitative estimate of drug-likeness (QED) is 0.648. The van der Waals surface area contributed by atoms with Crippen molar-refractivity contribution in [3.8, 4) is 6.07 Å². The lowest BCUT2D eigenvalue weighted by Crippen LogP contribution is -2.32. The van der Waals surface area contributed by atoms with Gasteiger partial charge in [-0.15, -0.1) is 0 Å². The van der Waals surface area contributed by atoms with E-state index in [2.05, 4.69) is 11.0 Å². The predicted octanol–water partition coefficient (Wildman–Crippen LogP) is 2.16. The minimum atomic E-state index is 0.237. The third-order valence-electron chi connectivity index (χ3n) is 3.48. The molecule has 0 amide bonds. The highest BCUT2D eigenvalue weighted by Gasteiger charge is 2.27. The van der Waals surface area contributed by atoms with Crippen LogP contribution >= 0.6 is 0 Å². The molecule has 1 aliphatic heterocycles. The summed E-state index contributed by atoms with van der Waals surface area (Å²) in [5.41, 5.74) is 0. The molecule has 0 aromatic carbocycles. The molecule has 0 bridgehead atoms. The minimum absolute atomic E-state index is 0.237. The summed E-state index contributed by atoms with van der Waals surface area (Å²) in [6.45, 7) is 2.35. The fourth-order valence-electron chi connectivity index (χ4n) is 2.72. The molecule has 0 radical (unpaired) electrons. The van der Waals surface area contributed by atoms with E-state index in [0.29, 0.717) is 0 Å². The summed E-state index contributed by atoms with van der Waals surface area (Å²) in [7, 11) is 0. The van der Waals surface area contributed by atoms with Crippen LogP contribution in [0.5, 0.6) is 0 Å². The molecule has 2 aliphatic rings. The Hall–Kier alpha value is -0.550. The van der Waals surface area contributed by atoms with Gasteiger partial charge in [-0.2, -0.15) is 5.26 Å². The molecule has 0 aromatic rings. The summed E-state index contributed by atoms with van der Waals surface area (Å²) in [5, 5.41) is 8.92. The molecule has 1 unspecified atom stereocenters. The predicted molar refractivity (Wildman–Crippen MR) is 52.2 cm³/mol. The Kier molecular flexibility index (Phi) is 2.85. The van der Waals surface area contributed by atoms with Crippen molar-refractivity contribution < 1.29 is 0 Å². The van der Waals surface area contributed by atoms with E-state index in [1.165, 1.54) is 38.6 Å². The molecule has 1 aliphatic carbocycles. The van der Waals surface area contributed by atoms with Crippen molar-refractivity contribution in [1.82, 2.24) is 4.90 Å².